The van der Waals surface area contributed by atoms with Crippen molar-refractivity contribution < 1.29 is 27.1 Å². The predicted molar refractivity (Wildman–Crippen MR) is 93.5 cm³/mol. The van der Waals surface area contributed by atoms with E-state index < -0.39 is 47.9 Å². The second kappa shape index (κ2) is 6.84. The Hall–Kier alpha value is -2.48. The molecule has 2 fully saturated rings. The van der Waals surface area contributed by atoms with Gasteiger partial charge in [-0.05, 0) is 42.8 Å². The number of benzene rings is 1. The molecule has 2 bridgehead atoms. The molecule has 3 heterocycles. The number of fused-ring (bicyclic) bond motifs is 2. The molecule has 1 N–H and O–H groups in total. The highest BCUT2D eigenvalue weighted by Crippen LogP contribution is 2.50. The first-order chi connectivity index (χ1) is 13.2. The summed E-state index contributed by atoms with van der Waals surface area (Å²) >= 11 is 0. The summed E-state index contributed by atoms with van der Waals surface area (Å²) in [5.74, 6) is -1.67. The van der Waals surface area contributed by atoms with E-state index in [2.05, 4.69) is 10.3 Å². The Morgan fingerprint density at radius 3 is 2.75 bits per heavy atom. The van der Waals surface area contributed by atoms with Gasteiger partial charge in [0.15, 0.2) is 0 Å². The van der Waals surface area contributed by atoms with Gasteiger partial charge >= 0.3 is 6.18 Å². The molecule has 1 aromatic carbocycles. The summed E-state index contributed by atoms with van der Waals surface area (Å²) in [6.07, 6.45) is -5.35. The number of nitrogens with zero attached hydrogens (tertiary/aromatic N) is 1. The number of ether oxygens (including phenoxy) is 1. The number of carbonyl (C=O) groups excluding carboxylic acids is 1. The zero-order chi connectivity index (χ0) is 20.1. The maximum atomic E-state index is 14.3. The molecule has 8 heteroatoms. The zero-order valence-electron chi connectivity index (χ0n) is 14.9. The molecule has 0 unspecified atom stereocenters. The molecule has 0 spiro atoms. The molecule has 2 aliphatic rings. The number of alkyl halides is 4. The Morgan fingerprint density at radius 1 is 1.25 bits per heavy atom. The van der Waals surface area contributed by atoms with Gasteiger partial charge in [0.2, 0.25) is 5.91 Å². The van der Waals surface area contributed by atoms with Gasteiger partial charge in [-0.3, -0.25) is 9.78 Å². The van der Waals surface area contributed by atoms with Crippen LogP contribution in [0.2, 0.25) is 0 Å². The second-order valence-electron chi connectivity index (χ2n) is 7.24. The highest BCUT2D eigenvalue weighted by atomic mass is 19.4. The van der Waals surface area contributed by atoms with Crippen molar-refractivity contribution in [3.8, 4) is 0 Å². The monoisotopic (exact) mass is 394 g/mol. The van der Waals surface area contributed by atoms with Crippen molar-refractivity contribution in [2.75, 3.05) is 5.32 Å². The molecule has 2 saturated heterocycles. The predicted octanol–water partition coefficient (Wildman–Crippen LogP) is 4.26. The minimum atomic E-state index is -4.51. The van der Waals surface area contributed by atoms with E-state index in [4.69, 9.17) is 4.74 Å². The molecule has 1 amide bonds. The fourth-order valence-electron chi connectivity index (χ4n) is 4.18. The van der Waals surface area contributed by atoms with Crippen LogP contribution in [-0.4, -0.2) is 29.3 Å². The van der Waals surface area contributed by atoms with Gasteiger partial charge < -0.3 is 10.1 Å². The number of amides is 1. The maximum absolute atomic E-state index is 14.3. The Bertz CT molecular complexity index is 902. The van der Waals surface area contributed by atoms with Crippen LogP contribution in [0.15, 0.2) is 42.6 Å². The van der Waals surface area contributed by atoms with Gasteiger partial charge in [-0.2, -0.15) is 13.2 Å². The number of nitrogens with one attached hydrogen (secondary N) is 1. The molecule has 0 radical (unpaired) electrons. The maximum Gasteiger partial charge on any atom is 0.416 e. The number of hydrogen-bond acceptors (Lipinski definition) is 3. The van der Waals surface area contributed by atoms with E-state index in [1.807, 2.05) is 0 Å². The molecule has 28 heavy (non-hydrogen) atoms. The summed E-state index contributed by atoms with van der Waals surface area (Å²) in [6.45, 7) is 1.79. The first kappa shape index (κ1) is 18.9. The summed E-state index contributed by atoms with van der Waals surface area (Å²) in [6, 6.07) is 7.95. The van der Waals surface area contributed by atoms with Gasteiger partial charge in [0, 0.05) is 29.9 Å². The topological polar surface area (TPSA) is 51.2 Å². The van der Waals surface area contributed by atoms with Crippen LogP contribution in [0.5, 0.6) is 0 Å². The van der Waals surface area contributed by atoms with Crippen LogP contribution in [0, 0.1) is 12.8 Å². The molecule has 2 aromatic rings. The lowest BCUT2D eigenvalue weighted by atomic mass is 9.74. The first-order valence-electron chi connectivity index (χ1n) is 8.94. The fraction of sp³-hybridized carbons (Fsp3) is 0.400. The lowest BCUT2D eigenvalue weighted by Crippen LogP contribution is -2.39. The minimum absolute atomic E-state index is 0.0454. The number of hydrogen-bond donors (Lipinski definition) is 1. The molecule has 0 saturated carbocycles. The highest BCUT2D eigenvalue weighted by molar-refractivity contribution is 5.94. The molecule has 4 rings (SSSR count). The van der Waals surface area contributed by atoms with Crippen molar-refractivity contribution in [2.45, 2.75) is 43.8 Å². The van der Waals surface area contributed by atoms with Crippen molar-refractivity contribution in [3.05, 3.63) is 59.4 Å². The van der Waals surface area contributed by atoms with E-state index in [1.165, 1.54) is 12.1 Å². The van der Waals surface area contributed by atoms with E-state index in [9.17, 15) is 22.4 Å². The summed E-state index contributed by atoms with van der Waals surface area (Å²) in [5.41, 5.74) is 0.669. The van der Waals surface area contributed by atoms with Gasteiger partial charge in [0.1, 0.15) is 6.17 Å². The van der Waals surface area contributed by atoms with E-state index >= 15 is 0 Å². The molecule has 4 nitrogen and oxygen atoms in total. The van der Waals surface area contributed by atoms with Crippen LogP contribution in [0.25, 0.3) is 0 Å². The minimum Gasteiger partial charge on any atom is -0.370 e. The largest absolute Gasteiger partial charge is 0.416 e. The SMILES string of the molecule is Cc1cc([C@H]2[C@H]3O[C@H](C[C@@H]3F)[C@H]2C(=O)Nc2cccc(C(F)(F)F)c2)ccn1. The smallest absolute Gasteiger partial charge is 0.370 e. The molecule has 5 atom stereocenters. The fourth-order valence-corrected chi connectivity index (χ4v) is 4.18. The third-order valence-electron chi connectivity index (χ3n) is 5.35. The Balaban J connectivity index is 1.61. The summed E-state index contributed by atoms with van der Waals surface area (Å²) in [4.78, 5) is 17.1. The Labute approximate surface area is 158 Å². The summed E-state index contributed by atoms with van der Waals surface area (Å²) < 4.78 is 58.7. The van der Waals surface area contributed by atoms with Crippen molar-refractivity contribution in [1.82, 2.24) is 4.98 Å². The average Bonchev–Trinajstić information content (AvgIpc) is 3.18. The van der Waals surface area contributed by atoms with Crippen molar-refractivity contribution in [1.29, 1.82) is 0 Å². The van der Waals surface area contributed by atoms with Crippen molar-refractivity contribution >= 4 is 11.6 Å². The van der Waals surface area contributed by atoms with Crippen LogP contribution >= 0.6 is 0 Å². The van der Waals surface area contributed by atoms with E-state index in [1.54, 1.807) is 25.3 Å². The molecular formula is C20H18F4N2O2. The van der Waals surface area contributed by atoms with E-state index in [-0.39, 0.29) is 12.1 Å². The number of aryl methyl sites for hydroxylation is 1. The standard InChI is InChI=1S/C20H18F4N2O2/c1-10-7-11(5-6-25-10)16-17(15-9-14(21)18(16)28-15)19(27)26-13-4-2-3-12(8-13)20(22,23)24/h2-8,14-18H,9H2,1H3,(H,26,27)/t14-,15+,16+,17+,18-/m0/s1. The average molecular weight is 394 g/mol. The van der Waals surface area contributed by atoms with E-state index in [0.29, 0.717) is 0 Å². The van der Waals surface area contributed by atoms with Gasteiger partial charge in [-0.15, -0.1) is 0 Å². The van der Waals surface area contributed by atoms with E-state index in [0.717, 1.165) is 23.4 Å². The zero-order valence-corrected chi connectivity index (χ0v) is 14.9. The molecular weight excluding hydrogens is 376 g/mol. The Morgan fingerprint density at radius 2 is 2.04 bits per heavy atom. The quantitative estimate of drug-likeness (QED) is 0.792. The van der Waals surface area contributed by atoms with Crippen LogP contribution in [-0.2, 0) is 15.7 Å². The van der Waals surface area contributed by atoms with Crippen LogP contribution < -0.4 is 5.32 Å². The lowest BCUT2D eigenvalue weighted by molar-refractivity contribution is -0.137. The molecule has 2 aliphatic heterocycles. The Kier molecular flexibility index (Phi) is 4.61. The summed E-state index contributed by atoms with van der Waals surface area (Å²) in [5, 5.41) is 2.55. The molecule has 1 aromatic heterocycles. The van der Waals surface area contributed by atoms with Crippen LogP contribution in [0.1, 0.15) is 29.2 Å². The van der Waals surface area contributed by atoms with Crippen molar-refractivity contribution in [3.63, 3.8) is 0 Å². The first-order valence-corrected chi connectivity index (χ1v) is 8.94. The number of anilines is 1. The van der Waals surface area contributed by atoms with Crippen LogP contribution in [0.4, 0.5) is 23.2 Å². The lowest BCUT2D eigenvalue weighted by Gasteiger charge is -2.29. The second-order valence-corrected chi connectivity index (χ2v) is 7.24. The van der Waals surface area contributed by atoms with Gasteiger partial charge in [0.25, 0.3) is 0 Å². The highest BCUT2D eigenvalue weighted by Gasteiger charge is 2.57. The van der Waals surface area contributed by atoms with Crippen molar-refractivity contribution in [2.24, 2.45) is 5.92 Å². The number of carbonyl (C=O) groups is 1. The van der Waals surface area contributed by atoms with Gasteiger partial charge in [-0.1, -0.05) is 6.07 Å². The molecule has 148 valence electrons. The third-order valence-corrected chi connectivity index (χ3v) is 5.35. The number of rotatable bonds is 3. The van der Waals surface area contributed by atoms with Crippen LogP contribution in [0.3, 0.4) is 0 Å². The molecule has 0 aliphatic carbocycles. The van der Waals surface area contributed by atoms with Gasteiger partial charge in [0.05, 0.1) is 23.7 Å². The normalized spacial score (nSPS) is 29.1. The number of aromatic nitrogens is 1. The number of pyridine rings is 1. The van der Waals surface area contributed by atoms with Gasteiger partial charge in [-0.25, -0.2) is 4.39 Å². The third kappa shape index (κ3) is 3.37. The number of halogens is 4. The summed E-state index contributed by atoms with van der Waals surface area (Å²) in [7, 11) is 0.